The molecule has 2 heterocycles. The molecule has 0 unspecified atom stereocenters. The number of nitrogens with one attached hydrogen (secondary N) is 1. The number of fused-ring (bicyclic) bond motifs is 1. The van der Waals surface area contributed by atoms with Gasteiger partial charge in [-0.1, -0.05) is 6.92 Å². The van der Waals surface area contributed by atoms with E-state index in [2.05, 4.69) is 22.2 Å². The van der Waals surface area contributed by atoms with Gasteiger partial charge < -0.3 is 10.1 Å². The van der Waals surface area contributed by atoms with Gasteiger partial charge in [0.25, 0.3) is 0 Å². The summed E-state index contributed by atoms with van der Waals surface area (Å²) in [6.07, 6.45) is 2.62. The van der Waals surface area contributed by atoms with Crippen LogP contribution in [0.4, 0.5) is 0 Å². The topological polar surface area (TPSA) is 64.1 Å². The summed E-state index contributed by atoms with van der Waals surface area (Å²) in [4.78, 5) is 20.8. The SMILES string of the molecule is CCCc1nc2c(c(C(=O)OCC)n1)CNCC2. The zero-order valence-corrected chi connectivity index (χ0v) is 11.0. The molecule has 18 heavy (non-hydrogen) atoms. The van der Waals surface area contributed by atoms with Gasteiger partial charge in [0.15, 0.2) is 5.69 Å². The quantitative estimate of drug-likeness (QED) is 0.814. The molecule has 0 aliphatic carbocycles. The third-order valence-corrected chi connectivity index (χ3v) is 2.92. The number of aryl methyl sites for hydroxylation is 1. The molecule has 1 N–H and O–H groups in total. The zero-order valence-electron chi connectivity index (χ0n) is 11.0. The smallest absolute Gasteiger partial charge is 0.357 e. The van der Waals surface area contributed by atoms with Crippen LogP contribution in [0.2, 0.25) is 0 Å². The first kappa shape index (κ1) is 13.0. The highest BCUT2D eigenvalue weighted by Crippen LogP contribution is 2.17. The predicted molar refractivity (Wildman–Crippen MR) is 67.4 cm³/mol. The lowest BCUT2D eigenvalue weighted by atomic mass is 10.0. The Hall–Kier alpha value is -1.49. The van der Waals surface area contributed by atoms with Gasteiger partial charge in [-0.05, 0) is 13.3 Å². The minimum absolute atomic E-state index is 0.336. The van der Waals surface area contributed by atoms with Crippen molar-refractivity contribution in [2.45, 2.75) is 39.7 Å². The summed E-state index contributed by atoms with van der Waals surface area (Å²) in [5.41, 5.74) is 2.34. The summed E-state index contributed by atoms with van der Waals surface area (Å²) in [7, 11) is 0. The molecule has 5 nitrogen and oxygen atoms in total. The van der Waals surface area contributed by atoms with Crippen LogP contribution in [-0.4, -0.2) is 29.1 Å². The number of nitrogens with zero attached hydrogens (tertiary/aromatic N) is 2. The third kappa shape index (κ3) is 2.67. The van der Waals surface area contributed by atoms with Gasteiger partial charge in [0, 0.05) is 31.5 Å². The van der Waals surface area contributed by atoms with Crippen molar-refractivity contribution >= 4 is 5.97 Å². The molecule has 5 heteroatoms. The Morgan fingerprint density at radius 3 is 2.94 bits per heavy atom. The van der Waals surface area contributed by atoms with Crippen LogP contribution in [0.1, 0.15) is 47.8 Å². The Morgan fingerprint density at radius 1 is 1.39 bits per heavy atom. The van der Waals surface area contributed by atoms with E-state index in [0.29, 0.717) is 18.8 Å². The molecule has 0 bridgehead atoms. The van der Waals surface area contributed by atoms with Gasteiger partial charge in [0.1, 0.15) is 5.82 Å². The van der Waals surface area contributed by atoms with E-state index >= 15 is 0 Å². The lowest BCUT2D eigenvalue weighted by Crippen LogP contribution is -2.29. The minimum atomic E-state index is -0.336. The number of hydrogen-bond acceptors (Lipinski definition) is 5. The molecule has 0 saturated carbocycles. The van der Waals surface area contributed by atoms with Crippen molar-refractivity contribution in [2.24, 2.45) is 0 Å². The monoisotopic (exact) mass is 249 g/mol. The van der Waals surface area contributed by atoms with Gasteiger partial charge in [-0.15, -0.1) is 0 Å². The Bertz CT molecular complexity index is 446. The molecule has 2 rings (SSSR count). The highest BCUT2D eigenvalue weighted by Gasteiger charge is 2.22. The fourth-order valence-electron chi connectivity index (χ4n) is 2.10. The van der Waals surface area contributed by atoms with Crippen molar-refractivity contribution in [3.05, 3.63) is 22.8 Å². The van der Waals surface area contributed by atoms with E-state index in [1.807, 2.05) is 0 Å². The van der Waals surface area contributed by atoms with Crippen molar-refractivity contribution < 1.29 is 9.53 Å². The van der Waals surface area contributed by atoms with E-state index in [-0.39, 0.29) is 5.97 Å². The number of esters is 1. The lowest BCUT2D eigenvalue weighted by Gasteiger charge is -2.19. The molecular weight excluding hydrogens is 230 g/mol. The molecule has 98 valence electrons. The number of ether oxygens (including phenoxy) is 1. The van der Waals surface area contributed by atoms with E-state index in [0.717, 1.165) is 42.9 Å². The number of aromatic nitrogens is 2. The summed E-state index contributed by atoms with van der Waals surface area (Å²) in [5, 5.41) is 3.24. The molecule has 0 aromatic carbocycles. The van der Waals surface area contributed by atoms with Crippen LogP contribution in [-0.2, 0) is 24.1 Å². The average molecular weight is 249 g/mol. The zero-order chi connectivity index (χ0) is 13.0. The van der Waals surface area contributed by atoms with Gasteiger partial charge in [-0.3, -0.25) is 0 Å². The summed E-state index contributed by atoms with van der Waals surface area (Å²) in [6.45, 7) is 5.80. The number of carbonyl (C=O) groups is 1. The average Bonchev–Trinajstić information content (AvgIpc) is 2.38. The standard InChI is InChI=1S/C13H19N3O2/c1-3-5-11-15-10-6-7-14-8-9(10)12(16-11)13(17)18-4-2/h14H,3-8H2,1-2H3. The molecule has 0 saturated heterocycles. The molecule has 1 aromatic rings. The first-order chi connectivity index (χ1) is 8.76. The summed E-state index contributed by atoms with van der Waals surface area (Å²) in [6, 6.07) is 0. The lowest BCUT2D eigenvalue weighted by molar-refractivity contribution is 0.0516. The second-order valence-electron chi connectivity index (χ2n) is 4.31. The predicted octanol–water partition coefficient (Wildman–Crippen LogP) is 1.25. The third-order valence-electron chi connectivity index (χ3n) is 2.92. The maximum absolute atomic E-state index is 11.9. The highest BCUT2D eigenvalue weighted by atomic mass is 16.5. The Morgan fingerprint density at radius 2 is 2.22 bits per heavy atom. The van der Waals surface area contributed by atoms with E-state index in [4.69, 9.17) is 4.74 Å². The van der Waals surface area contributed by atoms with Gasteiger partial charge in [-0.2, -0.15) is 0 Å². The maximum Gasteiger partial charge on any atom is 0.357 e. The van der Waals surface area contributed by atoms with Gasteiger partial charge in [-0.25, -0.2) is 14.8 Å². The van der Waals surface area contributed by atoms with E-state index in [1.54, 1.807) is 6.92 Å². The highest BCUT2D eigenvalue weighted by molar-refractivity contribution is 5.89. The normalized spacial score (nSPS) is 14.1. The number of hydrogen-bond donors (Lipinski definition) is 1. The van der Waals surface area contributed by atoms with Crippen molar-refractivity contribution in [1.82, 2.24) is 15.3 Å². The molecule has 0 fully saturated rings. The van der Waals surface area contributed by atoms with E-state index < -0.39 is 0 Å². The van der Waals surface area contributed by atoms with Crippen LogP contribution >= 0.6 is 0 Å². The van der Waals surface area contributed by atoms with Crippen molar-refractivity contribution in [3.63, 3.8) is 0 Å². The van der Waals surface area contributed by atoms with Gasteiger partial charge in [0.05, 0.1) is 12.3 Å². The summed E-state index contributed by atoms with van der Waals surface area (Å²) >= 11 is 0. The van der Waals surface area contributed by atoms with Gasteiger partial charge in [0.2, 0.25) is 0 Å². The molecule has 1 aliphatic heterocycles. The largest absolute Gasteiger partial charge is 0.461 e. The molecule has 0 spiro atoms. The van der Waals surface area contributed by atoms with Crippen LogP contribution in [0.5, 0.6) is 0 Å². The Labute approximate surface area is 107 Å². The van der Waals surface area contributed by atoms with Crippen molar-refractivity contribution in [2.75, 3.05) is 13.2 Å². The molecule has 1 aliphatic rings. The fraction of sp³-hybridized carbons (Fsp3) is 0.615. The van der Waals surface area contributed by atoms with Gasteiger partial charge >= 0.3 is 5.97 Å². The van der Waals surface area contributed by atoms with Crippen LogP contribution < -0.4 is 5.32 Å². The van der Waals surface area contributed by atoms with Crippen molar-refractivity contribution in [3.8, 4) is 0 Å². The molecular formula is C13H19N3O2. The first-order valence-corrected chi connectivity index (χ1v) is 6.52. The van der Waals surface area contributed by atoms with E-state index in [1.165, 1.54) is 0 Å². The minimum Gasteiger partial charge on any atom is -0.461 e. The first-order valence-electron chi connectivity index (χ1n) is 6.52. The molecule has 0 amide bonds. The molecule has 0 radical (unpaired) electrons. The van der Waals surface area contributed by atoms with Crippen LogP contribution in [0, 0.1) is 0 Å². The number of rotatable bonds is 4. The molecule has 0 atom stereocenters. The van der Waals surface area contributed by atoms with Crippen LogP contribution in [0.15, 0.2) is 0 Å². The molecule has 1 aromatic heterocycles. The van der Waals surface area contributed by atoms with Crippen LogP contribution in [0.3, 0.4) is 0 Å². The second-order valence-corrected chi connectivity index (χ2v) is 4.31. The Balaban J connectivity index is 2.40. The summed E-state index contributed by atoms with van der Waals surface area (Å²) in [5.74, 6) is 0.415. The van der Waals surface area contributed by atoms with Crippen LogP contribution in [0.25, 0.3) is 0 Å². The number of carbonyl (C=O) groups excluding carboxylic acids is 1. The fourth-order valence-corrected chi connectivity index (χ4v) is 2.10. The second kappa shape index (κ2) is 5.91. The van der Waals surface area contributed by atoms with E-state index in [9.17, 15) is 4.79 Å². The Kier molecular flexibility index (Phi) is 4.25. The van der Waals surface area contributed by atoms with Crippen molar-refractivity contribution in [1.29, 1.82) is 0 Å². The maximum atomic E-state index is 11.9. The summed E-state index contributed by atoms with van der Waals surface area (Å²) < 4.78 is 5.07.